The highest BCUT2D eigenvalue weighted by molar-refractivity contribution is 4.81. The third kappa shape index (κ3) is 7.63. The van der Waals surface area contributed by atoms with Gasteiger partial charge in [-0.05, 0) is 11.8 Å². The van der Waals surface area contributed by atoms with Crippen molar-refractivity contribution in [1.29, 1.82) is 0 Å². The van der Waals surface area contributed by atoms with Crippen molar-refractivity contribution in [3.8, 4) is 0 Å². The largest absolute Gasteiger partial charge is 0.415 e. The van der Waals surface area contributed by atoms with Gasteiger partial charge in [0, 0.05) is 6.61 Å². The van der Waals surface area contributed by atoms with Gasteiger partial charge >= 0.3 is 6.18 Å². The van der Waals surface area contributed by atoms with E-state index in [0.29, 0.717) is 6.42 Å². The van der Waals surface area contributed by atoms with Crippen molar-refractivity contribution in [1.82, 2.24) is 0 Å². The van der Waals surface area contributed by atoms with Gasteiger partial charge < -0.3 is 4.74 Å². The lowest BCUT2D eigenvalue weighted by atomic mass is 9.88. The van der Waals surface area contributed by atoms with Crippen LogP contribution in [-0.2, 0) is 4.74 Å². The minimum absolute atomic E-state index is 0.200. The fraction of sp³-hybridized carbons (Fsp3) is 1.00. The van der Waals surface area contributed by atoms with E-state index < -0.39 is 17.7 Å². The van der Waals surface area contributed by atoms with E-state index in [2.05, 4.69) is 6.92 Å². The van der Waals surface area contributed by atoms with Crippen LogP contribution in [0.1, 0.15) is 59.8 Å². The predicted octanol–water partition coefficient (Wildman–Crippen LogP) is 4.95. The third-order valence-electron chi connectivity index (χ3n) is 2.62. The fourth-order valence-electron chi connectivity index (χ4n) is 1.74. The normalized spacial score (nSPS) is 15.0. The Balaban J connectivity index is 3.95. The highest BCUT2D eigenvalue weighted by Crippen LogP contribution is 2.35. The van der Waals surface area contributed by atoms with Crippen LogP contribution in [0.4, 0.5) is 13.2 Å². The van der Waals surface area contributed by atoms with Crippen molar-refractivity contribution in [3.63, 3.8) is 0 Å². The number of halogens is 3. The summed E-state index contributed by atoms with van der Waals surface area (Å²) in [5.74, 6) is 0. The van der Waals surface area contributed by atoms with Crippen LogP contribution < -0.4 is 0 Å². The monoisotopic (exact) mass is 254 g/mol. The average Bonchev–Trinajstić information content (AvgIpc) is 2.12. The second-order valence-electron chi connectivity index (χ2n) is 5.57. The van der Waals surface area contributed by atoms with E-state index >= 15 is 0 Å². The highest BCUT2D eigenvalue weighted by Gasteiger charge is 2.47. The second-order valence-corrected chi connectivity index (χ2v) is 5.57. The van der Waals surface area contributed by atoms with Gasteiger partial charge in [-0.2, -0.15) is 13.2 Å². The summed E-state index contributed by atoms with van der Waals surface area (Å²) in [6, 6.07) is 0. The number of alkyl halides is 3. The zero-order chi connectivity index (χ0) is 13.5. The molecule has 0 N–H and O–H groups in total. The molecule has 104 valence electrons. The molecule has 1 atom stereocenters. The molecule has 0 spiro atoms. The quantitative estimate of drug-likeness (QED) is 0.584. The van der Waals surface area contributed by atoms with Crippen molar-refractivity contribution < 1.29 is 17.9 Å². The van der Waals surface area contributed by atoms with Gasteiger partial charge in [-0.25, -0.2) is 0 Å². The first-order valence-corrected chi connectivity index (χ1v) is 6.38. The minimum Gasteiger partial charge on any atom is -0.368 e. The van der Waals surface area contributed by atoms with Crippen LogP contribution in [0.3, 0.4) is 0 Å². The lowest BCUT2D eigenvalue weighted by molar-refractivity contribution is -0.248. The van der Waals surface area contributed by atoms with Gasteiger partial charge in [-0.15, -0.1) is 0 Å². The van der Waals surface area contributed by atoms with Crippen LogP contribution in [-0.4, -0.2) is 18.9 Å². The zero-order valence-corrected chi connectivity index (χ0v) is 11.4. The molecule has 0 unspecified atom stereocenters. The van der Waals surface area contributed by atoms with E-state index in [1.54, 1.807) is 20.8 Å². The summed E-state index contributed by atoms with van der Waals surface area (Å²) < 4.78 is 43.2. The maximum Gasteiger partial charge on any atom is 0.415 e. The first kappa shape index (κ1) is 16.8. The van der Waals surface area contributed by atoms with E-state index in [1.165, 1.54) is 0 Å². The lowest BCUT2D eigenvalue weighted by Crippen LogP contribution is -2.42. The molecule has 0 aliphatic rings. The molecular weight excluding hydrogens is 229 g/mol. The van der Waals surface area contributed by atoms with E-state index in [-0.39, 0.29) is 6.61 Å². The topological polar surface area (TPSA) is 9.23 Å². The number of unbranched alkanes of at least 4 members (excludes halogenated alkanes) is 4. The van der Waals surface area contributed by atoms with E-state index in [9.17, 15) is 13.2 Å². The number of hydrogen-bond acceptors (Lipinski definition) is 1. The Hall–Kier alpha value is -0.250. The molecular formula is C13H25F3O. The summed E-state index contributed by atoms with van der Waals surface area (Å²) >= 11 is 0. The molecule has 0 bridgehead atoms. The first-order chi connectivity index (χ1) is 7.69. The Bertz CT molecular complexity index is 180. The molecule has 1 nitrogen and oxygen atoms in total. The van der Waals surface area contributed by atoms with Crippen molar-refractivity contribution in [3.05, 3.63) is 0 Å². The smallest absolute Gasteiger partial charge is 0.368 e. The minimum atomic E-state index is -4.28. The van der Waals surface area contributed by atoms with Crippen LogP contribution in [0.2, 0.25) is 0 Å². The van der Waals surface area contributed by atoms with E-state index in [1.807, 2.05) is 0 Å². The Labute approximate surface area is 103 Å². The number of hydrogen-bond donors (Lipinski definition) is 0. The molecule has 4 heteroatoms. The van der Waals surface area contributed by atoms with Gasteiger partial charge in [0.2, 0.25) is 0 Å². The molecule has 0 fully saturated rings. The Morgan fingerprint density at radius 2 is 1.47 bits per heavy atom. The summed E-state index contributed by atoms with van der Waals surface area (Å²) in [7, 11) is 0. The fourth-order valence-corrected chi connectivity index (χ4v) is 1.74. The molecule has 0 saturated heterocycles. The average molecular weight is 254 g/mol. The van der Waals surface area contributed by atoms with E-state index in [0.717, 1.165) is 25.7 Å². The predicted molar refractivity (Wildman–Crippen MR) is 64.0 cm³/mol. The van der Waals surface area contributed by atoms with Gasteiger partial charge in [0.05, 0.1) is 0 Å². The molecule has 17 heavy (non-hydrogen) atoms. The highest BCUT2D eigenvalue weighted by atomic mass is 19.4. The van der Waals surface area contributed by atoms with Crippen LogP contribution in [0, 0.1) is 5.41 Å². The molecule has 0 amide bonds. The summed E-state index contributed by atoms with van der Waals surface area (Å²) in [6.07, 6.45) is -0.934. The van der Waals surface area contributed by atoms with Crippen molar-refractivity contribution in [2.24, 2.45) is 5.41 Å². The molecule has 0 aliphatic heterocycles. The molecule has 0 saturated carbocycles. The summed E-state index contributed by atoms with van der Waals surface area (Å²) in [4.78, 5) is 0. The first-order valence-electron chi connectivity index (χ1n) is 6.38. The molecule has 0 heterocycles. The summed E-state index contributed by atoms with van der Waals surface area (Å²) in [6.45, 7) is 6.98. The third-order valence-corrected chi connectivity index (χ3v) is 2.62. The second kappa shape index (κ2) is 7.24. The van der Waals surface area contributed by atoms with Crippen molar-refractivity contribution in [2.75, 3.05) is 6.61 Å². The van der Waals surface area contributed by atoms with Crippen LogP contribution in [0.25, 0.3) is 0 Å². The van der Waals surface area contributed by atoms with Crippen molar-refractivity contribution >= 4 is 0 Å². The van der Waals surface area contributed by atoms with Gasteiger partial charge in [0.1, 0.15) is 0 Å². The van der Waals surface area contributed by atoms with Gasteiger partial charge in [0.15, 0.2) is 6.10 Å². The standard InChI is InChI=1S/C13H25F3O/c1-5-6-7-8-9-10-17-11(12(2,3)4)13(14,15)16/h11H,5-10H2,1-4H3/t11-/m1/s1. The lowest BCUT2D eigenvalue weighted by Gasteiger charge is -2.32. The Morgan fingerprint density at radius 1 is 0.941 bits per heavy atom. The molecule has 0 aliphatic carbocycles. The molecule has 0 aromatic carbocycles. The van der Waals surface area contributed by atoms with Gasteiger partial charge in [-0.3, -0.25) is 0 Å². The van der Waals surface area contributed by atoms with E-state index in [4.69, 9.17) is 4.74 Å². The SMILES string of the molecule is CCCCCCCO[C@H](C(C)(C)C)C(F)(F)F. The summed E-state index contributed by atoms with van der Waals surface area (Å²) in [5.41, 5.74) is -0.901. The molecule has 0 aromatic rings. The van der Waals surface area contributed by atoms with Crippen LogP contribution in [0.15, 0.2) is 0 Å². The van der Waals surface area contributed by atoms with Crippen LogP contribution in [0.5, 0.6) is 0 Å². The van der Waals surface area contributed by atoms with Crippen molar-refractivity contribution in [2.45, 2.75) is 72.1 Å². The number of ether oxygens (including phenoxy) is 1. The Kier molecular flexibility index (Phi) is 7.14. The maximum atomic E-state index is 12.7. The number of rotatable bonds is 7. The summed E-state index contributed by atoms with van der Waals surface area (Å²) in [5, 5.41) is 0. The zero-order valence-electron chi connectivity index (χ0n) is 11.4. The molecule has 0 rings (SSSR count). The van der Waals surface area contributed by atoms with Gasteiger partial charge in [0.25, 0.3) is 0 Å². The maximum absolute atomic E-state index is 12.7. The van der Waals surface area contributed by atoms with Gasteiger partial charge in [-0.1, -0.05) is 53.4 Å². The Morgan fingerprint density at radius 3 is 1.88 bits per heavy atom. The molecule has 0 aromatic heterocycles. The van der Waals surface area contributed by atoms with Crippen LogP contribution >= 0.6 is 0 Å². The molecule has 0 radical (unpaired) electrons.